The van der Waals surface area contributed by atoms with Gasteiger partial charge in [-0.15, -0.1) is 0 Å². The lowest BCUT2D eigenvalue weighted by Crippen LogP contribution is -2.13. The predicted molar refractivity (Wildman–Crippen MR) is 80.1 cm³/mol. The molecule has 0 saturated carbocycles. The van der Waals surface area contributed by atoms with Gasteiger partial charge in [0, 0.05) is 13.1 Å². The third-order valence-electron chi connectivity index (χ3n) is 3.31. The van der Waals surface area contributed by atoms with Crippen molar-refractivity contribution in [2.45, 2.75) is 13.0 Å². The number of hydrogen-bond donors (Lipinski definition) is 1. The van der Waals surface area contributed by atoms with Gasteiger partial charge < -0.3 is 15.4 Å². The summed E-state index contributed by atoms with van der Waals surface area (Å²) in [5.41, 5.74) is 7.84. The minimum atomic E-state index is -0.298. The third-order valence-corrected chi connectivity index (χ3v) is 3.31. The Balaban J connectivity index is 2.40. The van der Waals surface area contributed by atoms with E-state index in [1.807, 2.05) is 44.3 Å². The molecule has 0 saturated heterocycles. The first-order valence-electron chi connectivity index (χ1n) is 6.46. The number of hydrogen-bond acceptors (Lipinski definition) is 3. The summed E-state index contributed by atoms with van der Waals surface area (Å²) < 4.78 is 19.5. The molecule has 0 aromatic heterocycles. The van der Waals surface area contributed by atoms with Crippen molar-refractivity contribution in [2.24, 2.45) is 5.73 Å². The summed E-state index contributed by atoms with van der Waals surface area (Å²) in [7, 11) is 3.41. The van der Waals surface area contributed by atoms with Crippen LogP contribution in [0.2, 0.25) is 0 Å². The SMILES string of the molecule is COc1ccccc1N(C)c1ccc([C@H](C)N)cc1F. The van der Waals surface area contributed by atoms with Gasteiger partial charge in [0.05, 0.1) is 18.5 Å². The van der Waals surface area contributed by atoms with E-state index in [2.05, 4.69) is 0 Å². The monoisotopic (exact) mass is 274 g/mol. The van der Waals surface area contributed by atoms with E-state index in [0.717, 1.165) is 11.3 Å². The molecular formula is C16H19FN2O. The van der Waals surface area contributed by atoms with E-state index in [9.17, 15) is 4.39 Å². The summed E-state index contributed by atoms with van der Waals surface area (Å²) in [5, 5.41) is 0. The maximum Gasteiger partial charge on any atom is 0.147 e. The number of benzene rings is 2. The van der Waals surface area contributed by atoms with E-state index in [4.69, 9.17) is 10.5 Å². The molecule has 0 unspecified atom stereocenters. The number of anilines is 2. The number of nitrogens with zero attached hydrogens (tertiary/aromatic N) is 1. The molecule has 4 heteroatoms. The van der Waals surface area contributed by atoms with Crippen molar-refractivity contribution in [3.8, 4) is 5.75 Å². The Kier molecular flexibility index (Phi) is 4.25. The van der Waals surface area contributed by atoms with E-state index >= 15 is 0 Å². The van der Waals surface area contributed by atoms with Crippen molar-refractivity contribution in [3.05, 3.63) is 53.8 Å². The van der Waals surface area contributed by atoms with Crippen LogP contribution in [-0.2, 0) is 0 Å². The fourth-order valence-electron chi connectivity index (χ4n) is 2.12. The van der Waals surface area contributed by atoms with E-state index in [0.29, 0.717) is 11.4 Å². The topological polar surface area (TPSA) is 38.5 Å². The first-order valence-corrected chi connectivity index (χ1v) is 6.46. The zero-order valence-electron chi connectivity index (χ0n) is 11.9. The maximum absolute atomic E-state index is 14.2. The number of nitrogens with two attached hydrogens (primary N) is 1. The van der Waals surface area contributed by atoms with Crippen LogP contribution in [0.1, 0.15) is 18.5 Å². The van der Waals surface area contributed by atoms with Crippen molar-refractivity contribution in [1.29, 1.82) is 0 Å². The number of halogens is 1. The normalized spacial score (nSPS) is 12.1. The summed E-state index contributed by atoms with van der Waals surface area (Å²) in [6.45, 7) is 1.83. The van der Waals surface area contributed by atoms with Crippen LogP contribution in [0.15, 0.2) is 42.5 Å². The highest BCUT2D eigenvalue weighted by Crippen LogP contribution is 2.34. The van der Waals surface area contributed by atoms with Gasteiger partial charge in [-0.1, -0.05) is 18.2 Å². The van der Waals surface area contributed by atoms with Crippen LogP contribution in [0.5, 0.6) is 5.75 Å². The number of methoxy groups -OCH3 is 1. The molecule has 0 radical (unpaired) electrons. The number of rotatable bonds is 4. The molecule has 0 heterocycles. The minimum Gasteiger partial charge on any atom is -0.495 e. The van der Waals surface area contributed by atoms with Gasteiger partial charge in [0.2, 0.25) is 0 Å². The van der Waals surface area contributed by atoms with E-state index < -0.39 is 0 Å². The Bertz CT molecular complexity index is 599. The quantitative estimate of drug-likeness (QED) is 0.925. The molecule has 0 aliphatic heterocycles. The Morgan fingerprint density at radius 1 is 1.15 bits per heavy atom. The molecule has 2 aromatic rings. The molecule has 0 bridgehead atoms. The Labute approximate surface area is 118 Å². The van der Waals surface area contributed by atoms with Crippen LogP contribution >= 0.6 is 0 Å². The average Bonchev–Trinajstić information content (AvgIpc) is 2.46. The fourth-order valence-corrected chi connectivity index (χ4v) is 2.12. The first kappa shape index (κ1) is 14.3. The van der Waals surface area contributed by atoms with Crippen LogP contribution in [0.25, 0.3) is 0 Å². The molecule has 0 fully saturated rings. The standard InChI is InChI=1S/C16H19FN2O/c1-11(18)12-8-9-14(13(17)10-12)19(2)15-6-4-5-7-16(15)20-3/h4-11H,18H2,1-3H3/t11-/m0/s1. The van der Waals surface area contributed by atoms with Crippen molar-refractivity contribution in [2.75, 3.05) is 19.1 Å². The molecule has 2 N–H and O–H groups in total. The van der Waals surface area contributed by atoms with Crippen LogP contribution < -0.4 is 15.4 Å². The van der Waals surface area contributed by atoms with Gasteiger partial charge in [-0.3, -0.25) is 0 Å². The molecular weight excluding hydrogens is 255 g/mol. The second kappa shape index (κ2) is 5.92. The van der Waals surface area contributed by atoms with E-state index in [1.54, 1.807) is 18.1 Å². The van der Waals surface area contributed by atoms with Crippen LogP contribution in [-0.4, -0.2) is 14.2 Å². The second-order valence-electron chi connectivity index (χ2n) is 4.73. The maximum atomic E-state index is 14.2. The van der Waals surface area contributed by atoms with Crippen molar-refractivity contribution in [1.82, 2.24) is 0 Å². The van der Waals surface area contributed by atoms with Crippen molar-refractivity contribution < 1.29 is 9.13 Å². The summed E-state index contributed by atoms with van der Waals surface area (Å²) in [4.78, 5) is 1.76. The van der Waals surface area contributed by atoms with Gasteiger partial charge in [-0.2, -0.15) is 0 Å². The lowest BCUT2D eigenvalue weighted by Gasteiger charge is -2.23. The summed E-state index contributed by atoms with van der Waals surface area (Å²) in [6, 6.07) is 12.4. The zero-order chi connectivity index (χ0) is 14.7. The second-order valence-corrected chi connectivity index (χ2v) is 4.73. The fraction of sp³-hybridized carbons (Fsp3) is 0.250. The van der Waals surface area contributed by atoms with Gasteiger partial charge in [0.25, 0.3) is 0 Å². The van der Waals surface area contributed by atoms with Gasteiger partial charge >= 0.3 is 0 Å². The molecule has 20 heavy (non-hydrogen) atoms. The van der Waals surface area contributed by atoms with Gasteiger partial charge in [0.15, 0.2) is 0 Å². The minimum absolute atomic E-state index is 0.185. The number of ether oxygens (including phenoxy) is 1. The number of para-hydroxylation sites is 2. The highest BCUT2D eigenvalue weighted by molar-refractivity contribution is 5.69. The lowest BCUT2D eigenvalue weighted by molar-refractivity contribution is 0.415. The van der Waals surface area contributed by atoms with Gasteiger partial charge in [0.1, 0.15) is 11.6 Å². The van der Waals surface area contributed by atoms with E-state index in [1.165, 1.54) is 6.07 Å². The van der Waals surface area contributed by atoms with Gasteiger partial charge in [-0.25, -0.2) is 4.39 Å². The molecule has 0 aliphatic rings. The van der Waals surface area contributed by atoms with Crippen molar-refractivity contribution >= 4 is 11.4 Å². The van der Waals surface area contributed by atoms with Crippen LogP contribution in [0, 0.1) is 5.82 Å². The Hall–Kier alpha value is -2.07. The zero-order valence-corrected chi connectivity index (χ0v) is 11.9. The molecule has 1 atom stereocenters. The Morgan fingerprint density at radius 3 is 2.45 bits per heavy atom. The van der Waals surface area contributed by atoms with Crippen LogP contribution in [0.3, 0.4) is 0 Å². The summed E-state index contributed by atoms with van der Waals surface area (Å²) in [6.07, 6.45) is 0. The first-order chi connectivity index (χ1) is 9.54. The molecule has 0 aliphatic carbocycles. The molecule has 2 aromatic carbocycles. The van der Waals surface area contributed by atoms with Crippen LogP contribution in [0.4, 0.5) is 15.8 Å². The third kappa shape index (κ3) is 2.75. The molecule has 2 rings (SSSR count). The Morgan fingerprint density at radius 2 is 1.85 bits per heavy atom. The lowest BCUT2D eigenvalue weighted by atomic mass is 10.1. The van der Waals surface area contributed by atoms with E-state index in [-0.39, 0.29) is 11.9 Å². The van der Waals surface area contributed by atoms with Gasteiger partial charge in [-0.05, 0) is 36.8 Å². The summed E-state index contributed by atoms with van der Waals surface area (Å²) >= 11 is 0. The predicted octanol–water partition coefficient (Wildman–Crippen LogP) is 3.62. The molecule has 0 amide bonds. The average molecular weight is 274 g/mol. The van der Waals surface area contributed by atoms with Crippen molar-refractivity contribution in [3.63, 3.8) is 0 Å². The largest absolute Gasteiger partial charge is 0.495 e. The molecule has 0 spiro atoms. The molecule has 3 nitrogen and oxygen atoms in total. The highest BCUT2D eigenvalue weighted by Gasteiger charge is 2.14. The molecule has 106 valence electrons. The summed E-state index contributed by atoms with van der Waals surface area (Å²) in [5.74, 6) is 0.402. The highest BCUT2D eigenvalue weighted by atomic mass is 19.1. The smallest absolute Gasteiger partial charge is 0.147 e.